The summed E-state index contributed by atoms with van der Waals surface area (Å²) in [6, 6.07) is 16.9. The average molecular weight is 409 g/mol. The third kappa shape index (κ3) is 6.09. The molecule has 0 spiro atoms. The Balaban J connectivity index is 1.71. The standard InChI is InChI=1S/C25H32N2O3/c1-19-11-9-10-12-21(19)17-27(24(28)18-30-23-15-7-4-8-16-23)20(2)25(29)26-22-13-5-3-6-14-22/h4,7-12,15-16,20,22H,3,5-6,13-14,17-18H2,1-2H3,(H,26,29)/t20-/m0/s1. The Morgan fingerprint density at radius 2 is 1.70 bits per heavy atom. The predicted molar refractivity (Wildman–Crippen MR) is 118 cm³/mol. The van der Waals surface area contributed by atoms with Gasteiger partial charge >= 0.3 is 0 Å². The molecule has 0 aliphatic heterocycles. The molecule has 5 nitrogen and oxygen atoms in total. The third-order valence-corrected chi connectivity index (χ3v) is 5.83. The zero-order chi connectivity index (χ0) is 21.3. The molecule has 0 bridgehead atoms. The van der Waals surface area contributed by atoms with Crippen molar-refractivity contribution in [3.8, 4) is 5.75 Å². The third-order valence-electron chi connectivity index (χ3n) is 5.83. The molecule has 3 rings (SSSR count). The van der Waals surface area contributed by atoms with Crippen LogP contribution in [-0.2, 0) is 16.1 Å². The summed E-state index contributed by atoms with van der Waals surface area (Å²) < 4.78 is 5.67. The molecule has 5 heteroatoms. The molecule has 1 aliphatic carbocycles. The summed E-state index contributed by atoms with van der Waals surface area (Å²) >= 11 is 0. The molecule has 0 aromatic heterocycles. The van der Waals surface area contributed by atoms with Crippen molar-refractivity contribution in [2.45, 2.75) is 64.6 Å². The fourth-order valence-electron chi connectivity index (χ4n) is 3.87. The number of para-hydroxylation sites is 1. The van der Waals surface area contributed by atoms with Crippen LogP contribution in [-0.4, -0.2) is 35.4 Å². The number of aryl methyl sites for hydroxylation is 1. The summed E-state index contributed by atoms with van der Waals surface area (Å²) in [5.74, 6) is 0.345. The van der Waals surface area contributed by atoms with E-state index in [-0.39, 0.29) is 24.5 Å². The van der Waals surface area contributed by atoms with Crippen LogP contribution in [0.3, 0.4) is 0 Å². The van der Waals surface area contributed by atoms with Crippen LogP contribution in [0.4, 0.5) is 0 Å². The van der Waals surface area contributed by atoms with E-state index in [1.54, 1.807) is 11.8 Å². The van der Waals surface area contributed by atoms with E-state index in [9.17, 15) is 9.59 Å². The molecule has 0 radical (unpaired) electrons. The number of ether oxygens (including phenoxy) is 1. The summed E-state index contributed by atoms with van der Waals surface area (Å²) in [6.45, 7) is 4.10. The van der Waals surface area contributed by atoms with Gasteiger partial charge in [-0.2, -0.15) is 0 Å². The number of nitrogens with one attached hydrogen (secondary N) is 1. The highest BCUT2D eigenvalue weighted by atomic mass is 16.5. The Hall–Kier alpha value is -2.82. The molecule has 1 atom stereocenters. The fraction of sp³-hybridized carbons (Fsp3) is 0.440. The molecule has 2 amide bonds. The maximum absolute atomic E-state index is 13.1. The highest BCUT2D eigenvalue weighted by Crippen LogP contribution is 2.19. The smallest absolute Gasteiger partial charge is 0.261 e. The van der Waals surface area contributed by atoms with Gasteiger partial charge in [0, 0.05) is 12.6 Å². The Kier molecular flexibility index (Phi) is 7.89. The minimum atomic E-state index is -0.571. The second-order valence-corrected chi connectivity index (χ2v) is 8.07. The largest absolute Gasteiger partial charge is 0.484 e. The molecule has 1 saturated carbocycles. The van der Waals surface area contributed by atoms with Gasteiger partial charge in [-0.05, 0) is 49.9 Å². The van der Waals surface area contributed by atoms with Crippen LogP contribution in [0, 0.1) is 6.92 Å². The first-order valence-electron chi connectivity index (χ1n) is 10.9. The minimum Gasteiger partial charge on any atom is -0.484 e. The Bertz CT molecular complexity index is 831. The van der Waals surface area contributed by atoms with Crippen LogP contribution < -0.4 is 10.1 Å². The van der Waals surface area contributed by atoms with Gasteiger partial charge in [-0.1, -0.05) is 61.7 Å². The van der Waals surface area contributed by atoms with Gasteiger partial charge in [-0.15, -0.1) is 0 Å². The number of rotatable bonds is 8. The van der Waals surface area contributed by atoms with E-state index in [4.69, 9.17) is 4.74 Å². The second-order valence-electron chi connectivity index (χ2n) is 8.07. The van der Waals surface area contributed by atoms with E-state index in [1.165, 1.54) is 6.42 Å². The molecule has 0 unspecified atom stereocenters. The van der Waals surface area contributed by atoms with Crippen molar-refractivity contribution in [3.05, 3.63) is 65.7 Å². The number of benzene rings is 2. The van der Waals surface area contributed by atoms with Crippen molar-refractivity contribution in [2.24, 2.45) is 0 Å². The second kappa shape index (κ2) is 10.8. The summed E-state index contributed by atoms with van der Waals surface area (Å²) in [5.41, 5.74) is 2.13. The van der Waals surface area contributed by atoms with Crippen LogP contribution >= 0.6 is 0 Å². The SMILES string of the molecule is Cc1ccccc1CN(C(=O)COc1ccccc1)[C@@H](C)C(=O)NC1CCCCC1. The summed E-state index contributed by atoms with van der Waals surface area (Å²) in [5, 5.41) is 3.15. The highest BCUT2D eigenvalue weighted by Gasteiger charge is 2.28. The van der Waals surface area contributed by atoms with Crippen LogP contribution in [0.5, 0.6) is 5.75 Å². The predicted octanol–water partition coefficient (Wildman–Crippen LogP) is 4.24. The van der Waals surface area contributed by atoms with E-state index >= 15 is 0 Å². The van der Waals surface area contributed by atoms with E-state index in [0.29, 0.717) is 12.3 Å². The molecule has 2 aromatic rings. The first-order chi connectivity index (χ1) is 14.5. The maximum atomic E-state index is 13.1. The summed E-state index contributed by atoms with van der Waals surface area (Å²) in [4.78, 5) is 27.7. The van der Waals surface area contributed by atoms with Crippen molar-refractivity contribution in [1.29, 1.82) is 0 Å². The molecule has 2 aromatic carbocycles. The van der Waals surface area contributed by atoms with Gasteiger partial charge in [0.15, 0.2) is 6.61 Å². The number of hydrogen-bond donors (Lipinski definition) is 1. The summed E-state index contributed by atoms with van der Waals surface area (Å²) in [7, 11) is 0. The normalized spacial score (nSPS) is 15.3. The highest BCUT2D eigenvalue weighted by molar-refractivity contribution is 5.88. The molecule has 0 heterocycles. The Morgan fingerprint density at radius 3 is 2.40 bits per heavy atom. The van der Waals surface area contributed by atoms with Crippen molar-refractivity contribution in [1.82, 2.24) is 10.2 Å². The Labute approximate surface area is 179 Å². The fourth-order valence-corrected chi connectivity index (χ4v) is 3.87. The number of nitrogens with zero attached hydrogens (tertiary/aromatic N) is 1. The van der Waals surface area contributed by atoms with Crippen LogP contribution in [0.1, 0.15) is 50.2 Å². The molecule has 1 aliphatic rings. The summed E-state index contributed by atoms with van der Waals surface area (Å²) in [6.07, 6.45) is 5.56. The topological polar surface area (TPSA) is 58.6 Å². The van der Waals surface area contributed by atoms with E-state index in [0.717, 1.165) is 36.8 Å². The monoisotopic (exact) mass is 408 g/mol. The van der Waals surface area contributed by atoms with Gasteiger partial charge in [0.05, 0.1) is 0 Å². The van der Waals surface area contributed by atoms with E-state index in [2.05, 4.69) is 5.32 Å². The maximum Gasteiger partial charge on any atom is 0.261 e. The zero-order valence-electron chi connectivity index (χ0n) is 18.0. The van der Waals surface area contributed by atoms with Gasteiger partial charge in [0.2, 0.25) is 5.91 Å². The lowest BCUT2D eigenvalue weighted by Gasteiger charge is -2.31. The average Bonchev–Trinajstić information content (AvgIpc) is 2.78. The lowest BCUT2D eigenvalue weighted by atomic mass is 9.95. The molecular formula is C25H32N2O3. The van der Waals surface area contributed by atoms with Crippen molar-refractivity contribution in [2.75, 3.05) is 6.61 Å². The molecular weight excluding hydrogens is 376 g/mol. The molecule has 160 valence electrons. The van der Waals surface area contributed by atoms with Gasteiger partial charge in [0.25, 0.3) is 5.91 Å². The number of carbonyl (C=O) groups is 2. The van der Waals surface area contributed by atoms with Crippen molar-refractivity contribution in [3.63, 3.8) is 0 Å². The van der Waals surface area contributed by atoms with Gasteiger partial charge in [-0.3, -0.25) is 9.59 Å². The lowest BCUT2D eigenvalue weighted by molar-refractivity contribution is -0.142. The zero-order valence-corrected chi connectivity index (χ0v) is 18.0. The first kappa shape index (κ1) is 21.9. The number of hydrogen-bond acceptors (Lipinski definition) is 3. The van der Waals surface area contributed by atoms with E-state index < -0.39 is 6.04 Å². The molecule has 1 fully saturated rings. The van der Waals surface area contributed by atoms with Gasteiger partial charge in [0.1, 0.15) is 11.8 Å². The number of amides is 2. The van der Waals surface area contributed by atoms with Gasteiger partial charge < -0.3 is 15.0 Å². The Morgan fingerprint density at radius 1 is 1.03 bits per heavy atom. The van der Waals surface area contributed by atoms with Crippen LogP contribution in [0.15, 0.2) is 54.6 Å². The molecule has 1 N–H and O–H groups in total. The minimum absolute atomic E-state index is 0.0939. The van der Waals surface area contributed by atoms with Crippen LogP contribution in [0.2, 0.25) is 0 Å². The van der Waals surface area contributed by atoms with Crippen molar-refractivity contribution < 1.29 is 14.3 Å². The molecule has 0 saturated heterocycles. The number of carbonyl (C=O) groups excluding carboxylic acids is 2. The van der Waals surface area contributed by atoms with Crippen LogP contribution in [0.25, 0.3) is 0 Å². The van der Waals surface area contributed by atoms with Crippen molar-refractivity contribution >= 4 is 11.8 Å². The first-order valence-corrected chi connectivity index (χ1v) is 10.9. The van der Waals surface area contributed by atoms with Gasteiger partial charge in [-0.25, -0.2) is 0 Å². The quantitative estimate of drug-likeness (QED) is 0.711. The van der Waals surface area contributed by atoms with E-state index in [1.807, 2.05) is 61.5 Å². The molecule has 30 heavy (non-hydrogen) atoms. The lowest BCUT2D eigenvalue weighted by Crippen LogP contribution is -2.51.